The molecule has 20 heavy (non-hydrogen) atoms. The van der Waals surface area contributed by atoms with Gasteiger partial charge in [0.05, 0.1) is 35.1 Å². The Balaban J connectivity index is 3.15. The molecule has 0 aliphatic carbocycles. The Morgan fingerprint density at radius 3 is 2.45 bits per heavy atom. The molecular weight excluding hydrogens is 279 g/mol. The summed E-state index contributed by atoms with van der Waals surface area (Å²) in [5, 5.41) is 0. The van der Waals surface area contributed by atoms with Gasteiger partial charge in [-0.1, -0.05) is 13.8 Å². The molecule has 0 radical (unpaired) electrons. The molecule has 0 aliphatic rings. The molecule has 0 amide bonds. The van der Waals surface area contributed by atoms with Gasteiger partial charge in [-0.05, 0) is 32.8 Å². The number of hydrogen-bond donors (Lipinski definition) is 1. The van der Waals surface area contributed by atoms with Crippen LogP contribution in [0.4, 0.5) is 4.39 Å². The minimum absolute atomic E-state index is 0.110. The van der Waals surface area contributed by atoms with Crippen molar-refractivity contribution in [2.45, 2.75) is 45.4 Å². The Kier molecular flexibility index (Phi) is 5.65. The van der Waals surface area contributed by atoms with Crippen LogP contribution in [0.1, 0.15) is 46.2 Å². The van der Waals surface area contributed by atoms with Crippen LogP contribution in [0.25, 0.3) is 0 Å². The second kappa shape index (κ2) is 6.63. The highest BCUT2D eigenvalue weighted by Crippen LogP contribution is 2.30. The molecule has 0 saturated carbocycles. The van der Waals surface area contributed by atoms with Gasteiger partial charge < -0.3 is 4.74 Å². The molecule has 0 aliphatic heterocycles. The van der Waals surface area contributed by atoms with E-state index in [0.29, 0.717) is 11.4 Å². The molecule has 0 aromatic carbocycles. The molecule has 1 unspecified atom stereocenters. The molecule has 0 fully saturated rings. The maximum absolute atomic E-state index is 13.5. The monoisotopic (exact) mass is 302 g/mol. The van der Waals surface area contributed by atoms with Crippen LogP contribution in [0.5, 0.6) is 5.88 Å². The molecule has 4 nitrogen and oxygen atoms in total. The standard InChI is InChI=1S/C14H23FN2O2S/c1-9(2)12(17-20(18)14(3,4)5)11-7-10(15)8-16-13(11)19-6/h7-9,12,17H,1-6H3/t12-,20?/m1/s1. The minimum atomic E-state index is -1.26. The van der Waals surface area contributed by atoms with Gasteiger partial charge in [-0.25, -0.2) is 18.3 Å². The minimum Gasteiger partial charge on any atom is -0.481 e. The zero-order chi connectivity index (χ0) is 15.5. The molecule has 1 N–H and O–H groups in total. The number of pyridine rings is 1. The fourth-order valence-electron chi connectivity index (χ4n) is 1.69. The number of methoxy groups -OCH3 is 1. The third kappa shape index (κ3) is 4.24. The Morgan fingerprint density at radius 2 is 2.00 bits per heavy atom. The van der Waals surface area contributed by atoms with Crippen LogP contribution in [0, 0.1) is 11.7 Å². The third-order valence-electron chi connectivity index (χ3n) is 2.83. The van der Waals surface area contributed by atoms with Crippen molar-refractivity contribution < 1.29 is 13.3 Å². The SMILES string of the molecule is COc1ncc(F)cc1[C@H](NS(=O)C(C)(C)C)C(C)C. The summed E-state index contributed by atoms with van der Waals surface area (Å²) in [4.78, 5) is 3.93. The first-order valence-electron chi connectivity index (χ1n) is 6.54. The number of ether oxygens (including phenoxy) is 1. The highest BCUT2D eigenvalue weighted by molar-refractivity contribution is 7.84. The zero-order valence-corrected chi connectivity index (χ0v) is 13.7. The number of rotatable bonds is 5. The van der Waals surface area contributed by atoms with E-state index in [4.69, 9.17) is 4.74 Å². The van der Waals surface area contributed by atoms with E-state index in [0.717, 1.165) is 6.20 Å². The van der Waals surface area contributed by atoms with Crippen LogP contribution in [-0.4, -0.2) is 21.0 Å². The Bertz CT molecular complexity index is 487. The Labute approximate surface area is 122 Å². The van der Waals surface area contributed by atoms with Crippen LogP contribution < -0.4 is 9.46 Å². The van der Waals surface area contributed by atoms with E-state index in [1.807, 2.05) is 34.6 Å². The number of nitrogens with zero attached hydrogens (tertiary/aromatic N) is 1. The molecule has 114 valence electrons. The first-order chi connectivity index (χ1) is 9.16. The van der Waals surface area contributed by atoms with E-state index in [9.17, 15) is 8.60 Å². The first kappa shape index (κ1) is 17.0. The molecule has 2 atom stereocenters. The van der Waals surface area contributed by atoms with Gasteiger partial charge in [-0.3, -0.25) is 0 Å². The van der Waals surface area contributed by atoms with Crippen molar-refractivity contribution in [3.8, 4) is 5.88 Å². The molecule has 1 aromatic heterocycles. The highest BCUT2D eigenvalue weighted by Gasteiger charge is 2.27. The summed E-state index contributed by atoms with van der Waals surface area (Å²) in [5.41, 5.74) is 0.583. The third-order valence-corrected chi connectivity index (χ3v) is 4.41. The molecule has 0 spiro atoms. The molecule has 1 heterocycles. The van der Waals surface area contributed by atoms with Crippen molar-refractivity contribution in [2.75, 3.05) is 7.11 Å². The average Bonchev–Trinajstić information content (AvgIpc) is 2.33. The lowest BCUT2D eigenvalue weighted by atomic mass is 9.98. The summed E-state index contributed by atoms with van der Waals surface area (Å²) in [6, 6.07) is 1.08. The predicted molar refractivity (Wildman–Crippen MR) is 79.4 cm³/mol. The van der Waals surface area contributed by atoms with E-state index in [-0.39, 0.29) is 12.0 Å². The van der Waals surface area contributed by atoms with Crippen molar-refractivity contribution in [1.82, 2.24) is 9.71 Å². The average molecular weight is 302 g/mol. The van der Waals surface area contributed by atoms with Crippen molar-refractivity contribution >= 4 is 11.0 Å². The van der Waals surface area contributed by atoms with Crippen LogP contribution in [0.15, 0.2) is 12.3 Å². The van der Waals surface area contributed by atoms with Gasteiger partial charge in [0.1, 0.15) is 5.82 Å². The van der Waals surface area contributed by atoms with Crippen LogP contribution in [0.3, 0.4) is 0 Å². The van der Waals surface area contributed by atoms with Gasteiger partial charge in [0.2, 0.25) is 5.88 Å². The normalized spacial score (nSPS) is 15.2. The molecule has 1 aromatic rings. The van der Waals surface area contributed by atoms with E-state index in [1.165, 1.54) is 13.2 Å². The fraction of sp³-hybridized carbons (Fsp3) is 0.643. The zero-order valence-electron chi connectivity index (χ0n) is 12.9. The van der Waals surface area contributed by atoms with Gasteiger partial charge in [0.15, 0.2) is 0 Å². The van der Waals surface area contributed by atoms with Crippen LogP contribution >= 0.6 is 0 Å². The van der Waals surface area contributed by atoms with E-state index in [1.54, 1.807) is 0 Å². The Morgan fingerprint density at radius 1 is 1.40 bits per heavy atom. The molecule has 0 bridgehead atoms. The van der Waals surface area contributed by atoms with Crippen molar-refractivity contribution in [2.24, 2.45) is 5.92 Å². The lowest BCUT2D eigenvalue weighted by Crippen LogP contribution is -2.37. The summed E-state index contributed by atoms with van der Waals surface area (Å²) in [6.45, 7) is 9.60. The molecule has 1 rings (SSSR count). The topological polar surface area (TPSA) is 51.2 Å². The number of hydrogen-bond acceptors (Lipinski definition) is 3. The van der Waals surface area contributed by atoms with Gasteiger partial charge in [0, 0.05) is 5.56 Å². The first-order valence-corrected chi connectivity index (χ1v) is 7.69. The summed E-state index contributed by atoms with van der Waals surface area (Å²) in [7, 11) is 0.227. The fourth-order valence-corrected chi connectivity index (χ4v) is 2.67. The lowest BCUT2D eigenvalue weighted by Gasteiger charge is -2.27. The summed E-state index contributed by atoms with van der Waals surface area (Å²) < 4.78 is 33.6. The number of aromatic nitrogens is 1. The maximum atomic E-state index is 13.5. The van der Waals surface area contributed by atoms with E-state index < -0.39 is 21.5 Å². The van der Waals surface area contributed by atoms with Crippen molar-refractivity contribution in [3.05, 3.63) is 23.6 Å². The lowest BCUT2D eigenvalue weighted by molar-refractivity contribution is 0.372. The van der Waals surface area contributed by atoms with E-state index in [2.05, 4.69) is 9.71 Å². The smallest absolute Gasteiger partial charge is 0.218 e. The number of nitrogens with one attached hydrogen (secondary N) is 1. The van der Waals surface area contributed by atoms with Crippen LogP contribution in [0.2, 0.25) is 0 Å². The molecule has 6 heteroatoms. The number of halogens is 1. The summed E-state index contributed by atoms with van der Waals surface area (Å²) >= 11 is 0. The van der Waals surface area contributed by atoms with Gasteiger partial charge in [0.25, 0.3) is 0 Å². The van der Waals surface area contributed by atoms with Crippen molar-refractivity contribution in [1.29, 1.82) is 0 Å². The van der Waals surface area contributed by atoms with E-state index >= 15 is 0 Å². The second-order valence-electron chi connectivity index (χ2n) is 5.97. The van der Waals surface area contributed by atoms with Crippen molar-refractivity contribution in [3.63, 3.8) is 0 Å². The van der Waals surface area contributed by atoms with Crippen LogP contribution in [-0.2, 0) is 11.0 Å². The summed E-state index contributed by atoms with van der Waals surface area (Å²) in [6.07, 6.45) is 1.11. The predicted octanol–water partition coefficient (Wildman–Crippen LogP) is 2.98. The summed E-state index contributed by atoms with van der Waals surface area (Å²) in [5.74, 6) is 0.0251. The van der Waals surface area contributed by atoms with Gasteiger partial charge in [-0.2, -0.15) is 0 Å². The van der Waals surface area contributed by atoms with Gasteiger partial charge in [-0.15, -0.1) is 0 Å². The highest BCUT2D eigenvalue weighted by atomic mass is 32.2. The molecule has 0 saturated heterocycles. The Hall–Kier alpha value is -1.01. The largest absolute Gasteiger partial charge is 0.481 e. The second-order valence-corrected chi connectivity index (χ2v) is 7.97. The quantitative estimate of drug-likeness (QED) is 0.909. The molecular formula is C14H23FN2O2S. The van der Waals surface area contributed by atoms with Gasteiger partial charge >= 0.3 is 0 Å². The maximum Gasteiger partial charge on any atom is 0.218 e.